The van der Waals surface area contributed by atoms with Crippen molar-refractivity contribution in [3.8, 4) is 0 Å². The van der Waals surface area contributed by atoms with Crippen LogP contribution in [0.5, 0.6) is 0 Å². The molecular weight excluding hydrogens is 258 g/mol. The van der Waals surface area contributed by atoms with Crippen LogP contribution < -0.4 is 0 Å². The lowest BCUT2D eigenvalue weighted by Gasteiger charge is -2.28. The molecule has 15 heavy (non-hydrogen) atoms. The van der Waals surface area contributed by atoms with Crippen molar-refractivity contribution in [1.29, 1.82) is 0 Å². The summed E-state index contributed by atoms with van der Waals surface area (Å²) in [5.74, 6) is 0. The first-order chi connectivity index (χ1) is 7.05. The van der Waals surface area contributed by atoms with E-state index in [1.54, 1.807) is 14.2 Å². The van der Waals surface area contributed by atoms with Crippen molar-refractivity contribution < 1.29 is 9.47 Å². The molecule has 4 heteroatoms. The van der Waals surface area contributed by atoms with Crippen LogP contribution in [0, 0.1) is 0 Å². The van der Waals surface area contributed by atoms with Gasteiger partial charge < -0.3 is 14.4 Å². The summed E-state index contributed by atoms with van der Waals surface area (Å²) in [6.45, 7) is 8.13. The Balaban J connectivity index is 3.83. The number of alkyl halides is 1. The van der Waals surface area contributed by atoms with Gasteiger partial charge in [0.2, 0.25) is 0 Å². The number of hydrogen-bond acceptors (Lipinski definition) is 3. The van der Waals surface area contributed by atoms with Gasteiger partial charge >= 0.3 is 0 Å². The molecule has 0 radical (unpaired) electrons. The molecule has 0 atom stereocenters. The van der Waals surface area contributed by atoms with Gasteiger partial charge in [-0.05, 0) is 20.3 Å². The molecule has 0 unspecified atom stereocenters. The molecule has 0 aromatic heterocycles. The molecule has 0 saturated carbocycles. The molecule has 0 fully saturated rings. The second-order valence-corrected chi connectivity index (χ2v) is 5.03. The summed E-state index contributed by atoms with van der Waals surface area (Å²) in [5, 5.41) is 1.00. The smallest absolute Gasteiger partial charge is 0.0634 e. The van der Waals surface area contributed by atoms with E-state index in [4.69, 9.17) is 9.47 Å². The highest BCUT2D eigenvalue weighted by atomic mass is 79.9. The number of halogens is 1. The van der Waals surface area contributed by atoms with Gasteiger partial charge in [0.15, 0.2) is 0 Å². The normalized spacial score (nSPS) is 12.4. The molecular formula is C11H24BrNO2. The van der Waals surface area contributed by atoms with Gasteiger partial charge in [-0.25, -0.2) is 0 Å². The van der Waals surface area contributed by atoms with Crippen LogP contribution in [0.4, 0.5) is 0 Å². The van der Waals surface area contributed by atoms with Crippen molar-refractivity contribution in [3.63, 3.8) is 0 Å². The number of hydrogen-bond donors (Lipinski definition) is 0. The summed E-state index contributed by atoms with van der Waals surface area (Å²) < 4.78 is 10.5. The van der Waals surface area contributed by atoms with Crippen LogP contribution in [-0.2, 0) is 9.47 Å². The van der Waals surface area contributed by atoms with E-state index in [2.05, 4.69) is 34.7 Å². The highest BCUT2D eigenvalue weighted by Crippen LogP contribution is 2.13. The summed E-state index contributed by atoms with van der Waals surface area (Å²) in [4.78, 5) is 2.39. The molecule has 92 valence electrons. The predicted octanol–water partition coefficient (Wildman–Crippen LogP) is 2.14. The first kappa shape index (κ1) is 15.4. The van der Waals surface area contributed by atoms with Crippen LogP contribution in [-0.4, -0.2) is 56.3 Å². The summed E-state index contributed by atoms with van der Waals surface area (Å²) in [7, 11) is 3.51. The fourth-order valence-electron chi connectivity index (χ4n) is 1.20. The largest absolute Gasteiger partial charge is 0.383 e. The molecule has 0 amide bonds. The molecule has 0 rings (SSSR count). The zero-order valence-electron chi connectivity index (χ0n) is 10.4. The van der Waals surface area contributed by atoms with Gasteiger partial charge in [-0.3, -0.25) is 0 Å². The number of nitrogens with zero attached hydrogens (tertiary/aromatic N) is 1. The van der Waals surface area contributed by atoms with Crippen LogP contribution in [0.15, 0.2) is 0 Å². The summed E-state index contributed by atoms with van der Waals surface area (Å²) in [5.41, 5.74) is -0.0301. The van der Waals surface area contributed by atoms with E-state index in [1.165, 1.54) is 0 Å². The first-order valence-electron chi connectivity index (χ1n) is 5.38. The van der Waals surface area contributed by atoms with Gasteiger partial charge in [0.1, 0.15) is 0 Å². The highest BCUT2D eigenvalue weighted by Gasteiger charge is 2.17. The fraction of sp³-hybridized carbons (Fsp3) is 1.00. The average Bonchev–Trinajstić information content (AvgIpc) is 2.22. The van der Waals surface area contributed by atoms with E-state index in [0.717, 1.165) is 38.0 Å². The van der Waals surface area contributed by atoms with Crippen molar-refractivity contribution in [1.82, 2.24) is 4.90 Å². The third-order valence-electron chi connectivity index (χ3n) is 2.60. The SMILES string of the molecule is COCCN(CCBr)CCC(C)(C)OC. The van der Waals surface area contributed by atoms with Gasteiger partial charge in [-0.2, -0.15) is 0 Å². The van der Waals surface area contributed by atoms with Crippen molar-refractivity contribution in [2.75, 3.05) is 45.8 Å². The second-order valence-electron chi connectivity index (χ2n) is 4.24. The lowest BCUT2D eigenvalue weighted by atomic mass is 10.1. The Hall–Kier alpha value is 0.360. The fourth-order valence-corrected chi connectivity index (χ4v) is 1.71. The van der Waals surface area contributed by atoms with Gasteiger partial charge in [0.25, 0.3) is 0 Å². The maximum Gasteiger partial charge on any atom is 0.0634 e. The molecule has 0 heterocycles. The van der Waals surface area contributed by atoms with E-state index < -0.39 is 0 Å². The lowest BCUT2D eigenvalue weighted by molar-refractivity contribution is 0.00629. The Morgan fingerprint density at radius 1 is 1.13 bits per heavy atom. The number of rotatable bonds is 9. The van der Waals surface area contributed by atoms with E-state index in [0.29, 0.717) is 0 Å². The Bertz CT molecular complexity index is 154. The van der Waals surface area contributed by atoms with Gasteiger partial charge in [-0.15, -0.1) is 0 Å². The van der Waals surface area contributed by atoms with E-state index in [9.17, 15) is 0 Å². The molecule has 0 spiro atoms. The Morgan fingerprint density at radius 2 is 1.80 bits per heavy atom. The van der Waals surface area contributed by atoms with Crippen LogP contribution >= 0.6 is 15.9 Å². The minimum Gasteiger partial charge on any atom is -0.383 e. The molecule has 0 aliphatic heterocycles. The summed E-state index contributed by atoms with van der Waals surface area (Å²) in [6, 6.07) is 0. The second kappa shape index (κ2) is 8.50. The van der Waals surface area contributed by atoms with Crippen molar-refractivity contribution in [2.24, 2.45) is 0 Å². The van der Waals surface area contributed by atoms with Crippen molar-refractivity contribution in [2.45, 2.75) is 25.9 Å². The number of ether oxygens (including phenoxy) is 2. The Morgan fingerprint density at radius 3 is 2.27 bits per heavy atom. The molecule has 0 saturated heterocycles. The predicted molar refractivity (Wildman–Crippen MR) is 67.8 cm³/mol. The highest BCUT2D eigenvalue weighted by molar-refractivity contribution is 9.09. The van der Waals surface area contributed by atoms with Crippen LogP contribution in [0.25, 0.3) is 0 Å². The van der Waals surface area contributed by atoms with Gasteiger partial charge in [0, 0.05) is 39.2 Å². The molecule has 3 nitrogen and oxygen atoms in total. The third-order valence-corrected chi connectivity index (χ3v) is 2.95. The average molecular weight is 282 g/mol. The molecule has 0 bridgehead atoms. The Labute approximate surface area is 102 Å². The van der Waals surface area contributed by atoms with Crippen LogP contribution in [0.2, 0.25) is 0 Å². The first-order valence-corrected chi connectivity index (χ1v) is 6.50. The van der Waals surface area contributed by atoms with E-state index in [1.807, 2.05) is 0 Å². The standard InChI is InChI=1S/C11H24BrNO2/c1-11(2,15-4)5-7-13(8-6-12)9-10-14-3/h5-10H2,1-4H3. The van der Waals surface area contributed by atoms with E-state index >= 15 is 0 Å². The minimum absolute atomic E-state index is 0.0301. The zero-order valence-corrected chi connectivity index (χ0v) is 12.0. The van der Waals surface area contributed by atoms with Crippen LogP contribution in [0.3, 0.4) is 0 Å². The maximum atomic E-state index is 5.40. The van der Waals surface area contributed by atoms with Gasteiger partial charge in [0.05, 0.1) is 12.2 Å². The quantitative estimate of drug-likeness (QED) is 0.605. The van der Waals surface area contributed by atoms with Crippen LogP contribution in [0.1, 0.15) is 20.3 Å². The summed E-state index contributed by atoms with van der Waals surface area (Å²) in [6.07, 6.45) is 1.04. The van der Waals surface area contributed by atoms with Crippen molar-refractivity contribution in [3.05, 3.63) is 0 Å². The molecule has 0 aromatic carbocycles. The zero-order chi connectivity index (χ0) is 11.7. The Kier molecular flexibility index (Phi) is 8.71. The molecule has 0 N–H and O–H groups in total. The molecule has 0 aromatic rings. The summed E-state index contributed by atoms with van der Waals surface area (Å²) >= 11 is 3.47. The monoisotopic (exact) mass is 281 g/mol. The molecule has 0 aliphatic rings. The van der Waals surface area contributed by atoms with E-state index in [-0.39, 0.29) is 5.60 Å². The molecule has 0 aliphatic carbocycles. The van der Waals surface area contributed by atoms with Gasteiger partial charge in [-0.1, -0.05) is 15.9 Å². The maximum absolute atomic E-state index is 5.40. The topological polar surface area (TPSA) is 21.7 Å². The minimum atomic E-state index is -0.0301. The lowest BCUT2D eigenvalue weighted by Crippen LogP contribution is -2.35. The van der Waals surface area contributed by atoms with Crippen molar-refractivity contribution >= 4 is 15.9 Å². The third kappa shape index (κ3) is 8.20. The number of methoxy groups -OCH3 is 2.